The van der Waals surface area contributed by atoms with Crippen molar-refractivity contribution < 1.29 is 4.74 Å². The van der Waals surface area contributed by atoms with E-state index in [0.29, 0.717) is 5.95 Å². The van der Waals surface area contributed by atoms with Gasteiger partial charge in [-0.25, -0.2) is 4.98 Å². The van der Waals surface area contributed by atoms with Crippen molar-refractivity contribution in [3.8, 4) is 5.75 Å². The molecule has 4 heteroatoms. The highest BCUT2D eigenvalue weighted by atomic mass is 16.5. The van der Waals surface area contributed by atoms with Crippen LogP contribution < -0.4 is 10.5 Å². The van der Waals surface area contributed by atoms with Gasteiger partial charge in [0.15, 0.2) is 0 Å². The molecule has 1 heterocycles. The van der Waals surface area contributed by atoms with Crippen molar-refractivity contribution in [1.82, 2.24) is 9.55 Å². The predicted octanol–water partition coefficient (Wildman–Crippen LogP) is 2.38. The number of hydrogen-bond donors (Lipinski definition) is 1. The van der Waals surface area contributed by atoms with E-state index in [1.165, 1.54) is 0 Å². The highest BCUT2D eigenvalue weighted by Gasteiger charge is 2.20. The minimum absolute atomic E-state index is 0.0921. The zero-order valence-corrected chi connectivity index (χ0v) is 10.1. The Labute approximate surface area is 95.0 Å². The monoisotopic (exact) mass is 219 g/mol. The van der Waals surface area contributed by atoms with Crippen molar-refractivity contribution in [1.29, 1.82) is 0 Å². The highest BCUT2D eigenvalue weighted by molar-refractivity contribution is 5.80. The summed E-state index contributed by atoms with van der Waals surface area (Å²) in [4.78, 5) is 4.34. The molecule has 0 saturated heterocycles. The van der Waals surface area contributed by atoms with Crippen LogP contribution in [0.15, 0.2) is 18.2 Å². The molecule has 0 aliphatic heterocycles. The number of methoxy groups -OCH3 is 1. The van der Waals surface area contributed by atoms with Gasteiger partial charge in [0, 0.05) is 11.6 Å². The maximum atomic E-state index is 5.94. The number of imidazole rings is 1. The lowest BCUT2D eigenvalue weighted by molar-refractivity contribution is 0.408. The third-order valence-corrected chi connectivity index (χ3v) is 2.56. The maximum Gasteiger partial charge on any atom is 0.201 e. The SMILES string of the molecule is COc1ccc2nc(N)n(C(C)(C)C)c2c1. The number of aromatic nitrogens is 2. The Morgan fingerprint density at radius 3 is 2.56 bits per heavy atom. The third-order valence-electron chi connectivity index (χ3n) is 2.56. The Balaban J connectivity index is 2.76. The highest BCUT2D eigenvalue weighted by Crippen LogP contribution is 2.28. The van der Waals surface area contributed by atoms with E-state index in [-0.39, 0.29) is 5.54 Å². The van der Waals surface area contributed by atoms with Crippen LogP contribution in [0.4, 0.5) is 5.95 Å². The van der Waals surface area contributed by atoms with Gasteiger partial charge in [-0.1, -0.05) is 0 Å². The average molecular weight is 219 g/mol. The first-order valence-corrected chi connectivity index (χ1v) is 5.26. The Morgan fingerprint density at radius 1 is 1.31 bits per heavy atom. The number of nitrogens with two attached hydrogens (primary N) is 1. The number of nitrogens with zero attached hydrogens (tertiary/aromatic N) is 2. The van der Waals surface area contributed by atoms with Crippen molar-refractivity contribution in [2.45, 2.75) is 26.3 Å². The van der Waals surface area contributed by atoms with Crippen molar-refractivity contribution in [3.05, 3.63) is 18.2 Å². The molecule has 2 N–H and O–H groups in total. The molecule has 1 aromatic heterocycles. The molecule has 4 nitrogen and oxygen atoms in total. The first kappa shape index (κ1) is 10.8. The van der Waals surface area contributed by atoms with Gasteiger partial charge in [0.05, 0.1) is 18.1 Å². The minimum atomic E-state index is -0.0921. The molecule has 0 saturated carbocycles. The molecule has 0 unspecified atom stereocenters. The normalized spacial score (nSPS) is 12.0. The zero-order chi connectivity index (χ0) is 11.9. The van der Waals surface area contributed by atoms with E-state index in [1.807, 2.05) is 22.8 Å². The Bertz CT molecular complexity index is 523. The molecular weight excluding hydrogens is 202 g/mol. The van der Waals surface area contributed by atoms with Gasteiger partial charge in [0.25, 0.3) is 0 Å². The zero-order valence-electron chi connectivity index (χ0n) is 10.1. The lowest BCUT2D eigenvalue weighted by Crippen LogP contribution is -2.23. The summed E-state index contributed by atoms with van der Waals surface area (Å²) in [5, 5.41) is 0. The molecule has 16 heavy (non-hydrogen) atoms. The van der Waals surface area contributed by atoms with Gasteiger partial charge < -0.3 is 15.0 Å². The van der Waals surface area contributed by atoms with E-state index < -0.39 is 0 Å². The molecule has 0 radical (unpaired) electrons. The number of fused-ring (bicyclic) bond motifs is 1. The molecule has 0 aliphatic rings. The summed E-state index contributed by atoms with van der Waals surface area (Å²) in [6.45, 7) is 6.30. The third kappa shape index (κ3) is 1.60. The van der Waals surface area contributed by atoms with E-state index in [2.05, 4.69) is 25.8 Å². The van der Waals surface area contributed by atoms with E-state index in [4.69, 9.17) is 10.5 Å². The standard InChI is InChI=1S/C12H17N3O/c1-12(2,3)15-10-7-8(16-4)5-6-9(10)14-11(15)13/h5-7H,1-4H3,(H2,13,14). The lowest BCUT2D eigenvalue weighted by atomic mass is 10.1. The molecule has 1 aromatic carbocycles. The molecule has 0 fully saturated rings. The second-order valence-corrected chi connectivity index (χ2v) is 4.83. The molecule has 2 rings (SSSR count). The Hall–Kier alpha value is -1.71. The largest absolute Gasteiger partial charge is 0.497 e. The summed E-state index contributed by atoms with van der Waals surface area (Å²) in [6, 6.07) is 5.78. The van der Waals surface area contributed by atoms with Crippen LogP contribution in [0, 0.1) is 0 Å². The van der Waals surface area contributed by atoms with Gasteiger partial charge in [-0.15, -0.1) is 0 Å². The number of ether oxygens (including phenoxy) is 1. The number of rotatable bonds is 1. The molecule has 0 aliphatic carbocycles. The van der Waals surface area contributed by atoms with Gasteiger partial charge in [0.1, 0.15) is 5.75 Å². The molecule has 0 amide bonds. The number of benzene rings is 1. The number of anilines is 1. The first-order chi connectivity index (χ1) is 7.43. The summed E-state index contributed by atoms with van der Waals surface area (Å²) in [6.07, 6.45) is 0. The fourth-order valence-electron chi connectivity index (χ4n) is 1.91. The summed E-state index contributed by atoms with van der Waals surface area (Å²) in [7, 11) is 1.66. The summed E-state index contributed by atoms with van der Waals surface area (Å²) >= 11 is 0. The minimum Gasteiger partial charge on any atom is -0.497 e. The van der Waals surface area contributed by atoms with Gasteiger partial charge >= 0.3 is 0 Å². The van der Waals surface area contributed by atoms with Crippen LogP contribution in [0.25, 0.3) is 11.0 Å². The number of nitrogen functional groups attached to an aromatic ring is 1. The fourth-order valence-corrected chi connectivity index (χ4v) is 1.91. The molecule has 86 valence electrons. The topological polar surface area (TPSA) is 53.1 Å². The van der Waals surface area contributed by atoms with Crippen LogP contribution in [0.1, 0.15) is 20.8 Å². The quantitative estimate of drug-likeness (QED) is 0.801. The molecule has 0 spiro atoms. The molecule has 0 atom stereocenters. The van der Waals surface area contributed by atoms with Crippen LogP contribution in [-0.4, -0.2) is 16.7 Å². The van der Waals surface area contributed by atoms with Crippen LogP contribution in [0.3, 0.4) is 0 Å². The average Bonchev–Trinajstić information content (AvgIpc) is 2.51. The molecular formula is C12H17N3O. The second-order valence-electron chi connectivity index (χ2n) is 4.83. The predicted molar refractivity (Wildman–Crippen MR) is 65.7 cm³/mol. The van der Waals surface area contributed by atoms with E-state index in [1.54, 1.807) is 7.11 Å². The maximum absolute atomic E-state index is 5.94. The second kappa shape index (κ2) is 3.40. The van der Waals surface area contributed by atoms with Crippen molar-refractivity contribution in [2.24, 2.45) is 0 Å². The summed E-state index contributed by atoms with van der Waals surface area (Å²) in [5.74, 6) is 1.36. The Kier molecular flexibility index (Phi) is 2.30. The Morgan fingerprint density at radius 2 is 2.00 bits per heavy atom. The van der Waals surface area contributed by atoms with Gasteiger partial charge in [-0.3, -0.25) is 0 Å². The van der Waals surface area contributed by atoms with E-state index in [0.717, 1.165) is 16.8 Å². The van der Waals surface area contributed by atoms with Crippen LogP contribution >= 0.6 is 0 Å². The van der Waals surface area contributed by atoms with Crippen molar-refractivity contribution >= 4 is 17.0 Å². The molecule has 0 bridgehead atoms. The fraction of sp³-hybridized carbons (Fsp3) is 0.417. The van der Waals surface area contributed by atoms with Gasteiger partial charge in [-0.2, -0.15) is 0 Å². The lowest BCUT2D eigenvalue weighted by Gasteiger charge is -2.23. The smallest absolute Gasteiger partial charge is 0.201 e. The van der Waals surface area contributed by atoms with Crippen molar-refractivity contribution in [3.63, 3.8) is 0 Å². The summed E-state index contributed by atoms with van der Waals surface area (Å²) in [5.41, 5.74) is 7.75. The van der Waals surface area contributed by atoms with Crippen molar-refractivity contribution in [2.75, 3.05) is 12.8 Å². The van der Waals surface area contributed by atoms with Crippen LogP contribution in [-0.2, 0) is 5.54 Å². The van der Waals surface area contributed by atoms with Crippen LogP contribution in [0.2, 0.25) is 0 Å². The van der Waals surface area contributed by atoms with Gasteiger partial charge in [0.2, 0.25) is 5.95 Å². The molecule has 2 aromatic rings. The summed E-state index contributed by atoms with van der Waals surface area (Å²) < 4.78 is 7.24. The van der Waals surface area contributed by atoms with Gasteiger partial charge in [-0.05, 0) is 32.9 Å². The van der Waals surface area contributed by atoms with E-state index >= 15 is 0 Å². The van der Waals surface area contributed by atoms with Crippen LogP contribution in [0.5, 0.6) is 5.75 Å². The van der Waals surface area contributed by atoms with E-state index in [9.17, 15) is 0 Å². The first-order valence-electron chi connectivity index (χ1n) is 5.26. The number of hydrogen-bond acceptors (Lipinski definition) is 3.